The van der Waals surface area contributed by atoms with Crippen molar-refractivity contribution in [2.45, 2.75) is 44.7 Å². The van der Waals surface area contributed by atoms with Crippen molar-refractivity contribution in [1.29, 1.82) is 0 Å². The van der Waals surface area contributed by atoms with Crippen LogP contribution in [0, 0.1) is 0 Å². The Labute approximate surface area is 131 Å². The number of rotatable bonds is 5. The summed E-state index contributed by atoms with van der Waals surface area (Å²) in [6, 6.07) is 8.35. The Morgan fingerprint density at radius 3 is 2.86 bits per heavy atom. The van der Waals surface area contributed by atoms with E-state index in [0.29, 0.717) is 24.3 Å². The molecule has 0 bridgehead atoms. The smallest absolute Gasteiger partial charge is 0.241 e. The fourth-order valence-corrected chi connectivity index (χ4v) is 3.06. The first-order valence-electron chi connectivity index (χ1n) is 7.93. The summed E-state index contributed by atoms with van der Waals surface area (Å²) in [7, 11) is 3.80. The van der Waals surface area contributed by atoms with Gasteiger partial charge in [-0.05, 0) is 32.0 Å². The largest absolute Gasteiger partial charge is 0.497 e. The van der Waals surface area contributed by atoms with E-state index in [2.05, 4.69) is 22.1 Å². The maximum atomic E-state index is 5.41. The summed E-state index contributed by atoms with van der Waals surface area (Å²) in [5.74, 6) is 2.08. The van der Waals surface area contributed by atoms with Gasteiger partial charge in [-0.1, -0.05) is 36.6 Å². The minimum absolute atomic E-state index is 0.617. The second-order valence-electron chi connectivity index (χ2n) is 5.95. The molecule has 0 spiro atoms. The first kappa shape index (κ1) is 15.0. The van der Waals surface area contributed by atoms with E-state index in [0.717, 1.165) is 11.3 Å². The van der Waals surface area contributed by atoms with E-state index < -0.39 is 0 Å². The molecule has 1 saturated carbocycles. The van der Waals surface area contributed by atoms with E-state index >= 15 is 0 Å². The van der Waals surface area contributed by atoms with Crippen molar-refractivity contribution in [2.75, 3.05) is 14.2 Å². The molecule has 0 saturated heterocycles. The molecule has 5 heteroatoms. The van der Waals surface area contributed by atoms with Gasteiger partial charge in [-0.2, -0.15) is 4.98 Å². The summed E-state index contributed by atoms with van der Waals surface area (Å²) < 4.78 is 10.6. The number of hydrogen-bond acceptors (Lipinski definition) is 5. The molecule has 5 nitrogen and oxygen atoms in total. The topological polar surface area (TPSA) is 51.4 Å². The zero-order chi connectivity index (χ0) is 15.4. The molecule has 0 N–H and O–H groups in total. The minimum Gasteiger partial charge on any atom is -0.497 e. The maximum Gasteiger partial charge on any atom is 0.241 e. The van der Waals surface area contributed by atoms with Crippen LogP contribution < -0.4 is 4.74 Å². The summed E-state index contributed by atoms with van der Waals surface area (Å²) >= 11 is 0. The van der Waals surface area contributed by atoms with Crippen LogP contribution in [-0.2, 0) is 6.54 Å². The van der Waals surface area contributed by atoms with E-state index in [1.54, 1.807) is 7.11 Å². The first-order valence-corrected chi connectivity index (χ1v) is 7.93. The molecule has 0 radical (unpaired) electrons. The van der Waals surface area contributed by atoms with Gasteiger partial charge in [0, 0.05) is 11.6 Å². The third-order valence-corrected chi connectivity index (χ3v) is 4.38. The van der Waals surface area contributed by atoms with E-state index in [1.165, 1.54) is 32.1 Å². The van der Waals surface area contributed by atoms with Gasteiger partial charge in [-0.15, -0.1) is 0 Å². The highest BCUT2D eigenvalue weighted by Crippen LogP contribution is 2.24. The predicted octanol–water partition coefficient (Wildman–Crippen LogP) is 3.51. The van der Waals surface area contributed by atoms with Crippen molar-refractivity contribution < 1.29 is 9.26 Å². The number of aromatic nitrogens is 2. The van der Waals surface area contributed by atoms with E-state index in [4.69, 9.17) is 9.26 Å². The fourth-order valence-electron chi connectivity index (χ4n) is 3.06. The van der Waals surface area contributed by atoms with Gasteiger partial charge in [0.1, 0.15) is 5.75 Å². The standard InChI is InChI=1S/C17H23N3O2/c1-20(14-8-4-3-5-9-14)12-16-18-17(19-22-16)13-7-6-10-15(11-13)21-2/h6-7,10-11,14H,3-5,8-9,12H2,1-2H3. The summed E-state index contributed by atoms with van der Waals surface area (Å²) in [6.45, 7) is 0.710. The molecule has 22 heavy (non-hydrogen) atoms. The normalized spacial score (nSPS) is 16.1. The molecule has 0 atom stereocenters. The van der Waals surface area contributed by atoms with Crippen LogP contribution >= 0.6 is 0 Å². The third kappa shape index (κ3) is 3.47. The van der Waals surface area contributed by atoms with Gasteiger partial charge in [0.2, 0.25) is 11.7 Å². The Morgan fingerprint density at radius 2 is 2.09 bits per heavy atom. The lowest BCUT2D eigenvalue weighted by Crippen LogP contribution is -2.32. The van der Waals surface area contributed by atoms with Gasteiger partial charge >= 0.3 is 0 Å². The van der Waals surface area contributed by atoms with Crippen LogP contribution in [0.1, 0.15) is 38.0 Å². The quantitative estimate of drug-likeness (QED) is 0.846. The molecule has 2 aromatic rings. The number of benzene rings is 1. The van der Waals surface area contributed by atoms with Crippen molar-refractivity contribution in [3.63, 3.8) is 0 Å². The van der Waals surface area contributed by atoms with E-state index in [1.807, 2.05) is 24.3 Å². The van der Waals surface area contributed by atoms with Crippen LogP contribution in [0.25, 0.3) is 11.4 Å². The summed E-state index contributed by atoms with van der Waals surface area (Å²) in [5, 5.41) is 4.09. The van der Waals surface area contributed by atoms with Gasteiger partial charge in [0.15, 0.2) is 0 Å². The molecule has 118 valence electrons. The van der Waals surface area contributed by atoms with Crippen LogP contribution in [0.15, 0.2) is 28.8 Å². The van der Waals surface area contributed by atoms with Crippen LogP contribution in [-0.4, -0.2) is 35.2 Å². The Morgan fingerprint density at radius 1 is 1.27 bits per heavy atom. The molecule has 3 rings (SSSR count). The Kier molecular flexibility index (Phi) is 4.73. The number of ether oxygens (including phenoxy) is 1. The molecule has 1 aromatic carbocycles. The molecule has 0 aliphatic heterocycles. The van der Waals surface area contributed by atoms with Crippen molar-refractivity contribution in [1.82, 2.24) is 15.0 Å². The van der Waals surface area contributed by atoms with Crippen molar-refractivity contribution in [2.24, 2.45) is 0 Å². The Balaban J connectivity index is 1.67. The van der Waals surface area contributed by atoms with Crippen LogP contribution in [0.4, 0.5) is 0 Å². The van der Waals surface area contributed by atoms with E-state index in [9.17, 15) is 0 Å². The maximum absolute atomic E-state index is 5.41. The number of nitrogens with zero attached hydrogens (tertiary/aromatic N) is 3. The first-order chi connectivity index (χ1) is 10.8. The summed E-state index contributed by atoms with van der Waals surface area (Å²) in [5.41, 5.74) is 0.912. The fraction of sp³-hybridized carbons (Fsp3) is 0.529. The van der Waals surface area contributed by atoms with Crippen LogP contribution in [0.5, 0.6) is 5.75 Å². The van der Waals surface area contributed by atoms with Crippen molar-refractivity contribution >= 4 is 0 Å². The highest BCUT2D eigenvalue weighted by Gasteiger charge is 2.20. The van der Waals surface area contributed by atoms with Gasteiger partial charge in [0.25, 0.3) is 0 Å². The number of hydrogen-bond donors (Lipinski definition) is 0. The average Bonchev–Trinajstić information content (AvgIpc) is 3.04. The van der Waals surface area contributed by atoms with Crippen molar-refractivity contribution in [3.05, 3.63) is 30.2 Å². The minimum atomic E-state index is 0.617. The van der Waals surface area contributed by atoms with Gasteiger partial charge in [-0.25, -0.2) is 0 Å². The predicted molar refractivity (Wildman–Crippen MR) is 84.6 cm³/mol. The second-order valence-corrected chi connectivity index (χ2v) is 5.95. The Hall–Kier alpha value is -1.88. The molecule has 1 aliphatic rings. The highest BCUT2D eigenvalue weighted by molar-refractivity contribution is 5.56. The molecule has 1 heterocycles. The van der Waals surface area contributed by atoms with Gasteiger partial charge in [0.05, 0.1) is 13.7 Å². The van der Waals surface area contributed by atoms with Crippen LogP contribution in [0.2, 0.25) is 0 Å². The Bertz CT molecular complexity index is 605. The summed E-state index contributed by atoms with van der Waals surface area (Å²) in [4.78, 5) is 6.85. The number of methoxy groups -OCH3 is 1. The lowest BCUT2D eigenvalue weighted by Gasteiger charge is -2.29. The highest BCUT2D eigenvalue weighted by atomic mass is 16.5. The monoisotopic (exact) mass is 301 g/mol. The summed E-state index contributed by atoms with van der Waals surface area (Å²) in [6.07, 6.45) is 6.56. The van der Waals surface area contributed by atoms with E-state index in [-0.39, 0.29) is 0 Å². The van der Waals surface area contributed by atoms with Gasteiger partial charge in [-0.3, -0.25) is 4.90 Å². The molecule has 0 unspecified atom stereocenters. The zero-order valence-electron chi connectivity index (χ0n) is 13.3. The van der Waals surface area contributed by atoms with Gasteiger partial charge < -0.3 is 9.26 Å². The lowest BCUT2D eigenvalue weighted by atomic mass is 9.94. The molecular formula is C17H23N3O2. The average molecular weight is 301 g/mol. The second kappa shape index (κ2) is 6.92. The SMILES string of the molecule is COc1cccc(-c2noc(CN(C)C3CCCCC3)n2)c1. The molecule has 1 aromatic heterocycles. The lowest BCUT2D eigenvalue weighted by molar-refractivity contribution is 0.165. The van der Waals surface area contributed by atoms with Crippen LogP contribution in [0.3, 0.4) is 0 Å². The molecular weight excluding hydrogens is 278 g/mol. The third-order valence-electron chi connectivity index (χ3n) is 4.38. The molecule has 1 fully saturated rings. The van der Waals surface area contributed by atoms with Crippen molar-refractivity contribution in [3.8, 4) is 17.1 Å². The zero-order valence-corrected chi connectivity index (χ0v) is 13.3. The molecule has 1 aliphatic carbocycles. The molecule has 0 amide bonds.